The zero-order valence-corrected chi connectivity index (χ0v) is 10.6. The Labute approximate surface area is 112 Å². The van der Waals surface area contributed by atoms with Crippen LogP contribution >= 0.6 is 0 Å². The molecular formula is C15H16N2O2. The van der Waals surface area contributed by atoms with Gasteiger partial charge in [-0.3, -0.25) is 0 Å². The van der Waals surface area contributed by atoms with Crippen LogP contribution in [0.5, 0.6) is 5.75 Å². The van der Waals surface area contributed by atoms with Crippen molar-refractivity contribution < 1.29 is 9.84 Å². The fourth-order valence-electron chi connectivity index (χ4n) is 2.47. The molecule has 0 saturated heterocycles. The summed E-state index contributed by atoms with van der Waals surface area (Å²) in [7, 11) is 0. The van der Waals surface area contributed by atoms with Crippen molar-refractivity contribution >= 4 is 0 Å². The van der Waals surface area contributed by atoms with E-state index in [1.54, 1.807) is 18.5 Å². The van der Waals surface area contributed by atoms with Gasteiger partial charge >= 0.3 is 0 Å². The number of hydrogen-bond acceptors (Lipinski definition) is 4. The number of fused-ring (bicyclic) bond motifs is 1. The summed E-state index contributed by atoms with van der Waals surface area (Å²) in [5, 5.41) is 9.99. The lowest BCUT2D eigenvalue weighted by molar-refractivity contribution is 0.155. The van der Waals surface area contributed by atoms with Crippen LogP contribution < -0.4 is 4.74 Å². The number of aliphatic hydroxyl groups is 1. The lowest BCUT2D eigenvalue weighted by atomic mass is 9.89. The SMILES string of the molecule is OC1CCCc2c(OCc3ncccn3)cccc21. The van der Waals surface area contributed by atoms with E-state index >= 15 is 0 Å². The molecule has 0 bridgehead atoms. The number of benzene rings is 1. The molecule has 3 rings (SSSR count). The normalized spacial score (nSPS) is 17.8. The van der Waals surface area contributed by atoms with E-state index in [2.05, 4.69) is 9.97 Å². The minimum atomic E-state index is -0.361. The molecule has 4 heteroatoms. The van der Waals surface area contributed by atoms with Crippen molar-refractivity contribution in [1.82, 2.24) is 9.97 Å². The van der Waals surface area contributed by atoms with Crippen LogP contribution in [0.4, 0.5) is 0 Å². The lowest BCUT2D eigenvalue weighted by Crippen LogP contribution is -2.11. The third kappa shape index (κ3) is 2.58. The average Bonchev–Trinajstić information content (AvgIpc) is 2.47. The number of hydrogen-bond donors (Lipinski definition) is 1. The Kier molecular flexibility index (Phi) is 3.42. The highest BCUT2D eigenvalue weighted by Crippen LogP contribution is 2.35. The molecule has 1 aromatic carbocycles. The van der Waals surface area contributed by atoms with Gasteiger partial charge in [0.05, 0.1) is 6.10 Å². The molecule has 1 aromatic heterocycles. The summed E-state index contributed by atoms with van der Waals surface area (Å²) in [6, 6.07) is 7.63. The number of ether oxygens (including phenoxy) is 1. The quantitative estimate of drug-likeness (QED) is 0.916. The monoisotopic (exact) mass is 256 g/mol. The molecule has 4 nitrogen and oxygen atoms in total. The Morgan fingerprint density at radius 1 is 1.21 bits per heavy atom. The topological polar surface area (TPSA) is 55.2 Å². The first kappa shape index (κ1) is 12.1. The summed E-state index contributed by atoms with van der Waals surface area (Å²) >= 11 is 0. The highest BCUT2D eigenvalue weighted by atomic mass is 16.5. The molecule has 1 atom stereocenters. The minimum absolute atomic E-state index is 0.355. The first-order valence-electron chi connectivity index (χ1n) is 6.53. The van der Waals surface area contributed by atoms with Gasteiger partial charge < -0.3 is 9.84 Å². The van der Waals surface area contributed by atoms with Crippen LogP contribution in [0.3, 0.4) is 0 Å². The first-order chi connectivity index (χ1) is 9.34. The van der Waals surface area contributed by atoms with Gasteiger partial charge in [-0.05, 0) is 42.5 Å². The second-order valence-corrected chi connectivity index (χ2v) is 4.69. The molecule has 1 heterocycles. The summed E-state index contributed by atoms with van der Waals surface area (Å²) in [5.41, 5.74) is 2.12. The fraction of sp³-hybridized carbons (Fsp3) is 0.333. The molecule has 1 aliphatic rings. The van der Waals surface area contributed by atoms with Gasteiger partial charge in [0.1, 0.15) is 12.4 Å². The van der Waals surface area contributed by atoms with Gasteiger partial charge in [-0.1, -0.05) is 12.1 Å². The van der Waals surface area contributed by atoms with E-state index in [0.29, 0.717) is 12.4 Å². The van der Waals surface area contributed by atoms with Crippen LogP contribution in [0, 0.1) is 0 Å². The second-order valence-electron chi connectivity index (χ2n) is 4.69. The summed E-state index contributed by atoms with van der Waals surface area (Å²) < 4.78 is 5.80. The van der Waals surface area contributed by atoms with E-state index < -0.39 is 0 Å². The molecule has 1 N–H and O–H groups in total. The third-order valence-corrected chi connectivity index (χ3v) is 3.41. The molecular weight excluding hydrogens is 240 g/mol. The highest BCUT2D eigenvalue weighted by Gasteiger charge is 2.20. The number of aliphatic hydroxyl groups excluding tert-OH is 1. The molecule has 0 amide bonds. The number of aromatic nitrogens is 2. The van der Waals surface area contributed by atoms with Gasteiger partial charge in [-0.2, -0.15) is 0 Å². The number of rotatable bonds is 3. The van der Waals surface area contributed by atoms with Gasteiger partial charge in [-0.25, -0.2) is 9.97 Å². The largest absolute Gasteiger partial charge is 0.485 e. The van der Waals surface area contributed by atoms with E-state index in [1.165, 1.54) is 0 Å². The Hall–Kier alpha value is -1.94. The Morgan fingerprint density at radius 2 is 2.05 bits per heavy atom. The van der Waals surface area contributed by atoms with E-state index in [9.17, 15) is 5.11 Å². The Morgan fingerprint density at radius 3 is 2.89 bits per heavy atom. The predicted molar refractivity (Wildman–Crippen MR) is 70.7 cm³/mol. The maximum atomic E-state index is 9.99. The van der Waals surface area contributed by atoms with E-state index in [1.807, 2.05) is 18.2 Å². The third-order valence-electron chi connectivity index (χ3n) is 3.41. The molecule has 98 valence electrons. The van der Waals surface area contributed by atoms with E-state index in [-0.39, 0.29) is 6.10 Å². The molecule has 2 aromatic rings. The summed E-state index contributed by atoms with van der Waals surface area (Å²) in [6.07, 6.45) is 5.83. The minimum Gasteiger partial charge on any atom is -0.485 e. The zero-order chi connectivity index (χ0) is 13.1. The maximum Gasteiger partial charge on any atom is 0.166 e. The van der Waals surface area contributed by atoms with Gasteiger partial charge in [0.25, 0.3) is 0 Å². The average molecular weight is 256 g/mol. The van der Waals surface area contributed by atoms with Crippen LogP contribution in [-0.4, -0.2) is 15.1 Å². The van der Waals surface area contributed by atoms with Crippen LogP contribution in [0.15, 0.2) is 36.7 Å². The van der Waals surface area contributed by atoms with E-state index in [4.69, 9.17) is 4.74 Å². The molecule has 19 heavy (non-hydrogen) atoms. The standard InChI is InChI=1S/C15H16N2O2/c18-13-6-1-5-12-11(13)4-2-7-14(12)19-10-15-16-8-3-9-17-15/h2-4,7-9,13,18H,1,5-6,10H2. The van der Waals surface area contributed by atoms with Crippen molar-refractivity contribution in [3.63, 3.8) is 0 Å². The van der Waals surface area contributed by atoms with Gasteiger partial charge in [0.15, 0.2) is 5.82 Å². The molecule has 0 radical (unpaired) electrons. The van der Waals surface area contributed by atoms with Crippen molar-refractivity contribution in [3.8, 4) is 5.75 Å². The Bertz CT molecular complexity index is 557. The first-order valence-corrected chi connectivity index (χ1v) is 6.53. The van der Waals surface area contributed by atoms with Crippen molar-refractivity contribution in [3.05, 3.63) is 53.6 Å². The molecule has 1 aliphatic carbocycles. The molecule has 0 fully saturated rings. The summed E-state index contributed by atoms with van der Waals surface area (Å²) in [6.45, 7) is 0.355. The van der Waals surface area contributed by atoms with Crippen LogP contribution in [0.1, 0.15) is 35.9 Å². The lowest BCUT2D eigenvalue weighted by Gasteiger charge is -2.23. The van der Waals surface area contributed by atoms with E-state index in [0.717, 1.165) is 36.1 Å². The molecule has 0 aliphatic heterocycles. The summed E-state index contributed by atoms with van der Waals surface area (Å²) in [4.78, 5) is 8.27. The van der Waals surface area contributed by atoms with Crippen LogP contribution in [-0.2, 0) is 13.0 Å². The van der Waals surface area contributed by atoms with Gasteiger partial charge in [0.2, 0.25) is 0 Å². The van der Waals surface area contributed by atoms with Crippen LogP contribution in [0.2, 0.25) is 0 Å². The predicted octanol–water partition coefficient (Wildman–Crippen LogP) is 2.43. The van der Waals surface area contributed by atoms with Crippen molar-refractivity contribution in [2.24, 2.45) is 0 Å². The zero-order valence-electron chi connectivity index (χ0n) is 10.6. The molecule has 0 spiro atoms. The van der Waals surface area contributed by atoms with Gasteiger partial charge in [0, 0.05) is 12.4 Å². The fourth-order valence-corrected chi connectivity index (χ4v) is 2.47. The van der Waals surface area contributed by atoms with Crippen molar-refractivity contribution in [2.45, 2.75) is 32.0 Å². The smallest absolute Gasteiger partial charge is 0.166 e. The van der Waals surface area contributed by atoms with Gasteiger partial charge in [-0.15, -0.1) is 0 Å². The summed E-state index contributed by atoms with van der Waals surface area (Å²) in [5.74, 6) is 1.50. The highest BCUT2D eigenvalue weighted by molar-refractivity contribution is 5.42. The maximum absolute atomic E-state index is 9.99. The second kappa shape index (κ2) is 5.36. The molecule has 0 saturated carbocycles. The molecule has 1 unspecified atom stereocenters. The number of nitrogens with zero attached hydrogens (tertiary/aromatic N) is 2. The Balaban J connectivity index is 1.80. The van der Waals surface area contributed by atoms with Crippen molar-refractivity contribution in [2.75, 3.05) is 0 Å². The van der Waals surface area contributed by atoms with Crippen molar-refractivity contribution in [1.29, 1.82) is 0 Å². The van der Waals surface area contributed by atoms with Crippen LogP contribution in [0.25, 0.3) is 0 Å².